The molecule has 1 fully saturated rings. The summed E-state index contributed by atoms with van der Waals surface area (Å²) in [6.07, 6.45) is 1.51. The topological polar surface area (TPSA) is 79.0 Å². The number of nitrogens with zero attached hydrogens (tertiary/aromatic N) is 2. The van der Waals surface area contributed by atoms with Crippen LogP contribution in [0.15, 0.2) is 54.6 Å². The van der Waals surface area contributed by atoms with Crippen LogP contribution in [-0.4, -0.2) is 57.7 Å². The van der Waals surface area contributed by atoms with Crippen molar-refractivity contribution in [1.29, 1.82) is 0 Å². The van der Waals surface area contributed by atoms with Gasteiger partial charge in [-0.1, -0.05) is 51.1 Å². The highest BCUT2D eigenvalue weighted by atomic mass is 32.2. The van der Waals surface area contributed by atoms with Crippen molar-refractivity contribution in [1.82, 2.24) is 9.62 Å². The molecule has 176 valence electrons. The first-order valence-electron chi connectivity index (χ1n) is 11.0. The number of rotatable bonds is 9. The number of hydrogen-bond donors (Lipinski definition) is 1. The molecule has 0 saturated carbocycles. The predicted molar refractivity (Wildman–Crippen MR) is 129 cm³/mol. The van der Waals surface area contributed by atoms with E-state index in [1.165, 1.54) is 19.6 Å². The molecule has 8 heteroatoms. The largest absolute Gasteiger partial charge is 0.489 e. The molecule has 2 aromatic carbocycles. The average Bonchev–Trinajstić information content (AvgIpc) is 3.13. The Bertz CT molecular complexity index is 924. The fourth-order valence-corrected chi connectivity index (χ4v) is 4.17. The molecular formula is C24H35N3O4S. The van der Waals surface area contributed by atoms with E-state index in [-0.39, 0.29) is 5.91 Å². The van der Waals surface area contributed by atoms with E-state index in [1.54, 1.807) is 17.0 Å². The summed E-state index contributed by atoms with van der Waals surface area (Å²) in [6.45, 7) is 11.1. The molecular weight excluding hydrogens is 426 g/mol. The zero-order valence-electron chi connectivity index (χ0n) is 19.5. The Kier molecular flexibility index (Phi) is 10.2. The first-order valence-corrected chi connectivity index (χ1v) is 12.9. The summed E-state index contributed by atoms with van der Waals surface area (Å²) in [4.78, 5) is 16.3. The number of hydrogen-bond acceptors (Lipinski definition) is 5. The molecule has 1 atom stereocenters. The van der Waals surface area contributed by atoms with Crippen LogP contribution >= 0.6 is 0 Å². The lowest BCUT2D eigenvalue weighted by Gasteiger charge is -2.17. The molecule has 3 rings (SSSR count). The molecule has 0 spiro atoms. The van der Waals surface area contributed by atoms with Gasteiger partial charge in [-0.2, -0.15) is 0 Å². The zero-order valence-corrected chi connectivity index (χ0v) is 20.3. The van der Waals surface area contributed by atoms with E-state index in [9.17, 15) is 13.2 Å². The van der Waals surface area contributed by atoms with Crippen molar-refractivity contribution < 1.29 is 17.9 Å². The van der Waals surface area contributed by atoms with Gasteiger partial charge in [0.15, 0.2) is 0 Å². The summed E-state index contributed by atoms with van der Waals surface area (Å²) < 4.78 is 30.7. The van der Waals surface area contributed by atoms with E-state index in [1.807, 2.05) is 42.5 Å². The number of nitrogens with one attached hydrogen (secondary N) is 1. The third-order valence-electron chi connectivity index (χ3n) is 5.30. The fraction of sp³-hybridized carbons (Fsp3) is 0.458. The van der Waals surface area contributed by atoms with Gasteiger partial charge in [0.25, 0.3) is 0 Å². The average molecular weight is 462 g/mol. The fourth-order valence-electron chi connectivity index (χ4n) is 3.44. The van der Waals surface area contributed by atoms with Gasteiger partial charge in [0.05, 0.1) is 6.26 Å². The van der Waals surface area contributed by atoms with Gasteiger partial charge in [-0.3, -0.25) is 4.79 Å². The van der Waals surface area contributed by atoms with Crippen molar-refractivity contribution in [3.05, 3.63) is 60.2 Å². The highest BCUT2D eigenvalue weighted by Crippen LogP contribution is 2.25. The maximum atomic E-state index is 12.3. The number of amides is 1. The first kappa shape index (κ1) is 25.8. The minimum atomic E-state index is -3.40. The molecule has 0 unspecified atom stereocenters. The van der Waals surface area contributed by atoms with Crippen molar-refractivity contribution in [3.8, 4) is 5.75 Å². The number of carbonyl (C=O) groups excluding carboxylic acids is 1. The molecule has 0 aliphatic carbocycles. The number of carbonyl (C=O) groups is 1. The second kappa shape index (κ2) is 12.6. The van der Waals surface area contributed by atoms with Gasteiger partial charge in [0, 0.05) is 12.2 Å². The summed E-state index contributed by atoms with van der Waals surface area (Å²) in [6, 6.07) is 16.4. The lowest BCUT2D eigenvalue weighted by molar-refractivity contribution is -0.118. The molecule has 1 heterocycles. The molecule has 2 aromatic rings. The Labute approximate surface area is 192 Å². The van der Waals surface area contributed by atoms with Crippen LogP contribution in [0.25, 0.3) is 0 Å². The predicted octanol–water partition coefficient (Wildman–Crippen LogP) is 3.27. The van der Waals surface area contributed by atoms with Crippen molar-refractivity contribution in [2.45, 2.75) is 39.8 Å². The monoisotopic (exact) mass is 461 g/mol. The summed E-state index contributed by atoms with van der Waals surface area (Å²) in [5.74, 6) is 0.480. The maximum Gasteiger partial charge on any atom is 0.245 e. The Morgan fingerprint density at radius 1 is 1.00 bits per heavy atom. The van der Waals surface area contributed by atoms with E-state index in [2.05, 4.69) is 30.4 Å². The smallest absolute Gasteiger partial charge is 0.245 e. The lowest BCUT2D eigenvalue weighted by Crippen LogP contribution is -2.40. The van der Waals surface area contributed by atoms with Gasteiger partial charge in [0.2, 0.25) is 15.9 Å². The van der Waals surface area contributed by atoms with Crippen molar-refractivity contribution in [2.24, 2.45) is 0 Å². The van der Waals surface area contributed by atoms with Gasteiger partial charge in [-0.05, 0) is 55.9 Å². The van der Waals surface area contributed by atoms with Crippen LogP contribution < -0.4 is 14.4 Å². The minimum absolute atomic E-state index is 0.233. The molecule has 0 aromatic heterocycles. The summed E-state index contributed by atoms with van der Waals surface area (Å²) in [5, 5.41) is 0. The normalized spacial score (nSPS) is 16.1. The van der Waals surface area contributed by atoms with Crippen LogP contribution in [0.3, 0.4) is 0 Å². The van der Waals surface area contributed by atoms with Crippen LogP contribution in [-0.2, 0) is 21.4 Å². The second-order valence-corrected chi connectivity index (χ2v) is 9.39. The molecule has 0 radical (unpaired) electrons. The van der Waals surface area contributed by atoms with Crippen LogP contribution in [0.5, 0.6) is 5.75 Å². The molecule has 1 saturated heterocycles. The Hall–Kier alpha value is -2.42. The SMILES string of the molecule is CCN(CC)CC.CS(=O)(=O)N[C@H]1CCN(c2ccc(OCc3ccccc3)cc2)C1=O. The van der Waals surface area contributed by atoms with Gasteiger partial charge < -0.3 is 14.5 Å². The van der Waals surface area contributed by atoms with Crippen LogP contribution in [0, 0.1) is 0 Å². The lowest BCUT2D eigenvalue weighted by atomic mass is 10.2. The summed E-state index contributed by atoms with van der Waals surface area (Å²) in [5.41, 5.74) is 1.81. The van der Waals surface area contributed by atoms with Crippen LogP contribution in [0.2, 0.25) is 0 Å². The Balaban J connectivity index is 0.000000451. The van der Waals surface area contributed by atoms with E-state index in [4.69, 9.17) is 4.74 Å². The molecule has 32 heavy (non-hydrogen) atoms. The summed E-state index contributed by atoms with van der Waals surface area (Å²) >= 11 is 0. The molecule has 7 nitrogen and oxygen atoms in total. The second-order valence-electron chi connectivity index (χ2n) is 7.61. The summed E-state index contributed by atoms with van der Waals surface area (Å²) in [7, 11) is -3.40. The van der Waals surface area contributed by atoms with Crippen molar-refractivity contribution in [3.63, 3.8) is 0 Å². The Morgan fingerprint density at radius 3 is 2.09 bits per heavy atom. The highest BCUT2D eigenvalue weighted by Gasteiger charge is 2.34. The maximum absolute atomic E-state index is 12.3. The number of ether oxygens (including phenoxy) is 1. The molecule has 1 amide bonds. The third-order valence-corrected chi connectivity index (χ3v) is 6.01. The first-order chi connectivity index (χ1) is 15.3. The van der Waals surface area contributed by atoms with Crippen molar-refractivity contribution in [2.75, 3.05) is 37.3 Å². The van der Waals surface area contributed by atoms with E-state index in [0.717, 1.165) is 17.5 Å². The van der Waals surface area contributed by atoms with E-state index < -0.39 is 16.1 Å². The number of sulfonamides is 1. The standard InChI is InChI=1S/C18H20N2O4S.C6H15N/c1-25(22,23)19-17-11-12-20(18(17)21)15-7-9-16(10-8-15)24-13-14-5-3-2-4-6-14;1-4-7(5-2)6-3/h2-10,17,19H,11-13H2,1H3;4-6H2,1-3H3/t17-;/m0./s1. The molecule has 1 aliphatic rings. The number of benzene rings is 2. The molecule has 1 aliphatic heterocycles. The van der Waals surface area contributed by atoms with Crippen LogP contribution in [0.1, 0.15) is 32.8 Å². The van der Waals surface area contributed by atoms with Crippen molar-refractivity contribution >= 4 is 21.6 Å². The van der Waals surface area contributed by atoms with Gasteiger partial charge in [-0.25, -0.2) is 13.1 Å². The quantitative estimate of drug-likeness (QED) is 0.620. The van der Waals surface area contributed by atoms with Gasteiger partial charge >= 0.3 is 0 Å². The van der Waals surface area contributed by atoms with Gasteiger partial charge in [-0.15, -0.1) is 0 Å². The number of anilines is 1. The van der Waals surface area contributed by atoms with Gasteiger partial charge in [0.1, 0.15) is 18.4 Å². The zero-order chi connectivity index (χ0) is 23.6. The minimum Gasteiger partial charge on any atom is -0.489 e. The Morgan fingerprint density at radius 2 is 1.59 bits per heavy atom. The highest BCUT2D eigenvalue weighted by molar-refractivity contribution is 7.88. The van der Waals surface area contributed by atoms with E-state index in [0.29, 0.717) is 25.3 Å². The third kappa shape index (κ3) is 8.26. The van der Waals surface area contributed by atoms with Crippen LogP contribution in [0.4, 0.5) is 5.69 Å². The molecule has 1 N–H and O–H groups in total. The molecule has 0 bridgehead atoms. The van der Waals surface area contributed by atoms with E-state index >= 15 is 0 Å².